The van der Waals surface area contributed by atoms with Crippen molar-refractivity contribution in [1.29, 1.82) is 0 Å². The van der Waals surface area contributed by atoms with Crippen LogP contribution in [0.3, 0.4) is 0 Å². The summed E-state index contributed by atoms with van der Waals surface area (Å²) in [6, 6.07) is 7.70. The van der Waals surface area contributed by atoms with Crippen LogP contribution in [-0.2, 0) is 45.4 Å². The second-order valence-corrected chi connectivity index (χ2v) is 7.96. The maximum atomic E-state index is 10.7. The lowest BCUT2D eigenvalue weighted by molar-refractivity contribution is 0.115. The molecule has 0 bridgehead atoms. The van der Waals surface area contributed by atoms with Gasteiger partial charge in [-0.2, -0.15) is 0 Å². The quantitative estimate of drug-likeness (QED) is 0.342. The molecule has 0 fully saturated rings. The fourth-order valence-electron chi connectivity index (χ4n) is 3.46. The number of ether oxygens (including phenoxy) is 4. The zero-order valence-electron chi connectivity index (χ0n) is 19.9. The number of methoxy groups -OCH3 is 2. The summed E-state index contributed by atoms with van der Waals surface area (Å²) in [5.74, 6) is 0.400. The molecular weight excluding hydrogens is 408 g/mol. The van der Waals surface area contributed by atoms with Gasteiger partial charge in [-0.15, -0.1) is 0 Å². The number of hydrogen-bond donors (Lipinski definition) is 2. The van der Waals surface area contributed by atoms with Gasteiger partial charge in [-0.25, -0.2) is 0 Å². The number of rotatable bonds is 15. The molecule has 0 saturated heterocycles. The molecule has 2 aromatic carbocycles. The van der Waals surface area contributed by atoms with E-state index in [1.54, 1.807) is 14.2 Å². The first-order valence-electron chi connectivity index (χ1n) is 11.4. The van der Waals surface area contributed by atoms with E-state index >= 15 is 0 Å². The average Bonchev–Trinajstić information content (AvgIpc) is 2.79. The minimum atomic E-state index is 0.200. The minimum absolute atomic E-state index is 0.200. The Kier molecular flexibility index (Phi) is 11.5. The van der Waals surface area contributed by atoms with Crippen molar-refractivity contribution in [2.24, 2.45) is 0 Å². The summed E-state index contributed by atoms with van der Waals surface area (Å²) in [7, 11) is 3.21. The molecule has 0 radical (unpaired) electrons. The van der Waals surface area contributed by atoms with Crippen molar-refractivity contribution < 1.29 is 29.2 Å². The maximum absolute atomic E-state index is 10.7. The molecule has 32 heavy (non-hydrogen) atoms. The van der Waals surface area contributed by atoms with Crippen molar-refractivity contribution in [3.8, 4) is 22.6 Å². The fraction of sp³-hybridized carbons (Fsp3) is 0.538. The third kappa shape index (κ3) is 7.48. The van der Waals surface area contributed by atoms with E-state index in [1.165, 1.54) is 0 Å². The Balaban J connectivity index is 2.43. The van der Waals surface area contributed by atoms with E-state index < -0.39 is 0 Å². The monoisotopic (exact) mass is 446 g/mol. The van der Waals surface area contributed by atoms with Crippen molar-refractivity contribution in [2.45, 2.75) is 66.0 Å². The molecule has 2 aromatic rings. The normalized spacial score (nSPS) is 11.2. The molecule has 0 amide bonds. The lowest BCUT2D eigenvalue weighted by atomic mass is 9.95. The van der Waals surface area contributed by atoms with Crippen LogP contribution in [0.15, 0.2) is 24.3 Å². The topological polar surface area (TPSA) is 77.4 Å². The highest BCUT2D eigenvalue weighted by Gasteiger charge is 2.16. The summed E-state index contributed by atoms with van der Waals surface area (Å²) in [5.41, 5.74) is 4.65. The van der Waals surface area contributed by atoms with E-state index in [-0.39, 0.29) is 24.7 Å². The summed E-state index contributed by atoms with van der Waals surface area (Å²) in [6.07, 6.45) is 4.07. The van der Waals surface area contributed by atoms with Gasteiger partial charge in [0.2, 0.25) is 0 Å². The van der Waals surface area contributed by atoms with Crippen LogP contribution in [0.4, 0.5) is 0 Å². The molecule has 0 heterocycles. The predicted molar refractivity (Wildman–Crippen MR) is 126 cm³/mol. The second-order valence-electron chi connectivity index (χ2n) is 7.96. The molecule has 2 rings (SSSR count). The lowest BCUT2D eigenvalue weighted by Crippen LogP contribution is -2.01. The van der Waals surface area contributed by atoms with E-state index in [4.69, 9.17) is 18.9 Å². The average molecular weight is 447 g/mol. The van der Waals surface area contributed by atoms with Crippen LogP contribution in [0.5, 0.6) is 11.5 Å². The van der Waals surface area contributed by atoms with E-state index in [9.17, 15) is 10.2 Å². The van der Waals surface area contributed by atoms with Gasteiger partial charge in [0, 0.05) is 49.7 Å². The standard InChI is InChI=1S/C26H38O6/c1-5-7-9-31-17-23-13-19(11-21(15-29-3)25(23)27)20-12-22(16-30-4)26(28)24(14-20)18-32-10-8-6-2/h11-14,27-28H,5-10,15-18H2,1-4H3. The van der Waals surface area contributed by atoms with Gasteiger partial charge in [-0.3, -0.25) is 0 Å². The number of aromatic hydroxyl groups is 2. The summed E-state index contributed by atoms with van der Waals surface area (Å²) in [5, 5.41) is 21.4. The summed E-state index contributed by atoms with van der Waals surface area (Å²) in [4.78, 5) is 0. The molecule has 0 aliphatic carbocycles. The van der Waals surface area contributed by atoms with E-state index in [2.05, 4.69) is 13.8 Å². The molecule has 0 aliphatic heterocycles. The van der Waals surface area contributed by atoms with Crippen LogP contribution in [0.25, 0.3) is 11.1 Å². The van der Waals surface area contributed by atoms with E-state index in [0.29, 0.717) is 48.7 Å². The third-order valence-electron chi connectivity index (χ3n) is 5.27. The fourth-order valence-corrected chi connectivity index (χ4v) is 3.46. The largest absolute Gasteiger partial charge is 0.507 e. The Morgan fingerprint density at radius 3 is 1.25 bits per heavy atom. The van der Waals surface area contributed by atoms with Crippen LogP contribution in [0.1, 0.15) is 61.8 Å². The van der Waals surface area contributed by atoms with Crippen LogP contribution in [-0.4, -0.2) is 37.6 Å². The zero-order valence-corrected chi connectivity index (χ0v) is 19.9. The van der Waals surface area contributed by atoms with Gasteiger partial charge in [0.1, 0.15) is 11.5 Å². The van der Waals surface area contributed by atoms with Crippen LogP contribution < -0.4 is 0 Å². The highest BCUT2D eigenvalue weighted by atomic mass is 16.5. The number of unbranched alkanes of at least 4 members (excludes halogenated alkanes) is 2. The van der Waals surface area contributed by atoms with Gasteiger partial charge in [0.15, 0.2) is 0 Å². The summed E-state index contributed by atoms with van der Waals surface area (Å²) < 4.78 is 22.1. The summed E-state index contributed by atoms with van der Waals surface area (Å²) in [6.45, 7) is 6.76. The van der Waals surface area contributed by atoms with Crippen molar-refractivity contribution >= 4 is 0 Å². The highest BCUT2D eigenvalue weighted by Crippen LogP contribution is 2.35. The van der Waals surface area contributed by atoms with Crippen LogP contribution in [0.2, 0.25) is 0 Å². The van der Waals surface area contributed by atoms with Gasteiger partial charge in [0.25, 0.3) is 0 Å². The molecule has 6 nitrogen and oxygen atoms in total. The second kappa shape index (κ2) is 14.1. The van der Waals surface area contributed by atoms with Gasteiger partial charge in [0.05, 0.1) is 26.4 Å². The van der Waals surface area contributed by atoms with Crippen molar-refractivity contribution in [1.82, 2.24) is 0 Å². The molecule has 0 aliphatic rings. The number of phenols is 2. The lowest BCUT2D eigenvalue weighted by Gasteiger charge is -2.16. The molecule has 0 spiro atoms. The first-order chi connectivity index (χ1) is 15.5. The Bertz CT molecular complexity index is 764. The Morgan fingerprint density at radius 1 is 0.594 bits per heavy atom. The summed E-state index contributed by atoms with van der Waals surface area (Å²) >= 11 is 0. The first kappa shape index (κ1) is 26.1. The third-order valence-corrected chi connectivity index (χ3v) is 5.27. The van der Waals surface area contributed by atoms with Gasteiger partial charge < -0.3 is 29.2 Å². The highest BCUT2D eigenvalue weighted by molar-refractivity contribution is 5.70. The Labute approximate surface area is 192 Å². The molecule has 0 saturated carbocycles. The van der Waals surface area contributed by atoms with E-state index in [1.807, 2.05) is 24.3 Å². The Hall–Kier alpha value is -2.12. The number of hydrogen-bond acceptors (Lipinski definition) is 6. The van der Waals surface area contributed by atoms with Gasteiger partial charge in [-0.05, 0) is 48.2 Å². The number of benzene rings is 2. The SMILES string of the molecule is CCCCOCc1cc(-c2cc(COC)c(O)c(COCCCC)c2)cc(COC)c1O. The molecule has 178 valence electrons. The molecule has 2 N–H and O–H groups in total. The zero-order chi connectivity index (χ0) is 23.3. The molecule has 0 unspecified atom stereocenters. The van der Waals surface area contributed by atoms with E-state index in [0.717, 1.165) is 36.8 Å². The smallest absolute Gasteiger partial charge is 0.126 e. The molecular formula is C26H38O6. The van der Waals surface area contributed by atoms with Crippen LogP contribution >= 0.6 is 0 Å². The predicted octanol–water partition coefficient (Wildman–Crippen LogP) is 5.69. The molecule has 0 atom stereocenters. The van der Waals surface area contributed by atoms with Crippen molar-refractivity contribution in [2.75, 3.05) is 27.4 Å². The van der Waals surface area contributed by atoms with Gasteiger partial charge >= 0.3 is 0 Å². The number of phenolic OH excluding ortho intramolecular Hbond substituents is 2. The Morgan fingerprint density at radius 2 is 0.938 bits per heavy atom. The molecule has 0 aromatic heterocycles. The first-order valence-corrected chi connectivity index (χ1v) is 11.4. The van der Waals surface area contributed by atoms with Gasteiger partial charge in [-0.1, -0.05) is 26.7 Å². The molecule has 6 heteroatoms. The van der Waals surface area contributed by atoms with Crippen LogP contribution in [0, 0.1) is 0 Å². The minimum Gasteiger partial charge on any atom is -0.507 e. The van der Waals surface area contributed by atoms with Crippen molar-refractivity contribution in [3.63, 3.8) is 0 Å². The maximum Gasteiger partial charge on any atom is 0.126 e. The van der Waals surface area contributed by atoms with Crippen molar-refractivity contribution in [3.05, 3.63) is 46.5 Å².